The molecule has 0 fully saturated rings. The highest BCUT2D eigenvalue weighted by atomic mass is 16.5. The van der Waals surface area contributed by atoms with Crippen LogP contribution in [0, 0.1) is 0 Å². The number of carboxylic acid groups (broad SMARTS) is 1. The van der Waals surface area contributed by atoms with Crippen LogP contribution in [0.3, 0.4) is 0 Å². The number of hydrogen-bond donors (Lipinski definition) is 2. The molecular formula is C16H14N2O8. The van der Waals surface area contributed by atoms with Gasteiger partial charge in [-0.3, -0.25) is 19.3 Å². The SMILES string of the molecule is COC(=O)/C=C(/Nc1cccc2c1C(=O)N(CC(=O)O)C2=O)C(=O)OC. The summed E-state index contributed by atoms with van der Waals surface area (Å²) < 4.78 is 9.00. The molecule has 2 rings (SSSR count). The second-order valence-corrected chi connectivity index (χ2v) is 5.02. The molecule has 0 aliphatic carbocycles. The summed E-state index contributed by atoms with van der Waals surface area (Å²) in [5.74, 6) is -4.71. The fourth-order valence-corrected chi connectivity index (χ4v) is 2.29. The van der Waals surface area contributed by atoms with E-state index in [4.69, 9.17) is 5.11 Å². The third-order valence-electron chi connectivity index (χ3n) is 3.43. The van der Waals surface area contributed by atoms with E-state index in [9.17, 15) is 24.0 Å². The van der Waals surface area contributed by atoms with Crippen molar-refractivity contribution in [2.24, 2.45) is 0 Å². The van der Waals surface area contributed by atoms with E-state index >= 15 is 0 Å². The second-order valence-electron chi connectivity index (χ2n) is 5.02. The van der Waals surface area contributed by atoms with E-state index in [-0.39, 0.29) is 22.5 Å². The zero-order valence-corrected chi connectivity index (χ0v) is 13.8. The minimum atomic E-state index is -1.35. The normalized spacial score (nSPS) is 13.3. The lowest BCUT2D eigenvalue weighted by molar-refractivity contribution is -0.138. The average Bonchev–Trinajstić information content (AvgIpc) is 2.85. The molecule has 10 nitrogen and oxygen atoms in total. The Morgan fingerprint density at radius 1 is 1.15 bits per heavy atom. The van der Waals surface area contributed by atoms with Crippen molar-refractivity contribution in [3.8, 4) is 0 Å². The highest BCUT2D eigenvalue weighted by Gasteiger charge is 2.38. The summed E-state index contributed by atoms with van der Waals surface area (Å²) in [5.41, 5.74) is -0.430. The molecule has 10 heteroatoms. The number of nitrogens with one attached hydrogen (secondary N) is 1. The average molecular weight is 362 g/mol. The van der Waals surface area contributed by atoms with E-state index in [2.05, 4.69) is 14.8 Å². The maximum absolute atomic E-state index is 12.4. The third-order valence-corrected chi connectivity index (χ3v) is 3.43. The van der Waals surface area contributed by atoms with Gasteiger partial charge in [-0.15, -0.1) is 0 Å². The summed E-state index contributed by atoms with van der Waals surface area (Å²) in [5, 5.41) is 11.4. The number of rotatable bonds is 6. The molecule has 0 spiro atoms. The lowest BCUT2D eigenvalue weighted by Gasteiger charge is -2.12. The third kappa shape index (κ3) is 3.53. The summed E-state index contributed by atoms with van der Waals surface area (Å²) in [4.78, 5) is 59.3. The zero-order chi connectivity index (χ0) is 19.4. The molecule has 136 valence electrons. The Labute approximate surface area is 147 Å². The Hall–Kier alpha value is -3.69. The maximum atomic E-state index is 12.4. The summed E-state index contributed by atoms with van der Waals surface area (Å²) in [7, 11) is 2.20. The van der Waals surface area contributed by atoms with Crippen molar-refractivity contribution >= 4 is 35.4 Å². The standard InChI is InChI=1S/C16H14N2O8/c1-25-12(21)6-10(16(24)26-2)17-9-5-3-4-8-13(9)15(23)18(14(8)22)7-11(19)20/h3-6,17H,7H2,1-2H3,(H,19,20)/b10-6+. The molecule has 2 amide bonds. The fourth-order valence-electron chi connectivity index (χ4n) is 2.29. The number of benzene rings is 1. The van der Waals surface area contributed by atoms with E-state index < -0.39 is 36.3 Å². The van der Waals surface area contributed by atoms with Crippen LogP contribution in [0.1, 0.15) is 20.7 Å². The highest BCUT2D eigenvalue weighted by Crippen LogP contribution is 2.30. The Bertz CT molecular complexity index is 843. The van der Waals surface area contributed by atoms with Gasteiger partial charge in [-0.05, 0) is 12.1 Å². The smallest absolute Gasteiger partial charge is 0.354 e. The first-order valence-corrected chi connectivity index (χ1v) is 7.16. The number of imide groups is 1. The first-order chi connectivity index (χ1) is 12.3. The van der Waals surface area contributed by atoms with E-state index in [1.54, 1.807) is 0 Å². The molecule has 1 aliphatic heterocycles. The molecule has 0 aromatic heterocycles. The molecule has 0 saturated carbocycles. The fraction of sp³-hybridized carbons (Fsp3) is 0.188. The maximum Gasteiger partial charge on any atom is 0.354 e. The van der Waals surface area contributed by atoms with Gasteiger partial charge in [0.25, 0.3) is 11.8 Å². The number of ether oxygens (including phenoxy) is 2. The largest absolute Gasteiger partial charge is 0.480 e. The van der Waals surface area contributed by atoms with Gasteiger partial charge < -0.3 is 19.9 Å². The van der Waals surface area contributed by atoms with Crippen LogP contribution in [0.4, 0.5) is 5.69 Å². The van der Waals surface area contributed by atoms with Crippen LogP contribution in [0.15, 0.2) is 30.0 Å². The van der Waals surface area contributed by atoms with Gasteiger partial charge in [0, 0.05) is 0 Å². The monoisotopic (exact) mass is 362 g/mol. The predicted molar refractivity (Wildman–Crippen MR) is 85.2 cm³/mol. The number of aliphatic carboxylic acids is 1. The van der Waals surface area contributed by atoms with Crippen molar-refractivity contribution < 1.29 is 38.6 Å². The molecule has 0 bridgehead atoms. The van der Waals surface area contributed by atoms with Crippen molar-refractivity contribution in [1.29, 1.82) is 0 Å². The minimum absolute atomic E-state index is 0.0245. The van der Waals surface area contributed by atoms with E-state index in [1.165, 1.54) is 18.2 Å². The number of nitrogens with zero attached hydrogens (tertiary/aromatic N) is 1. The van der Waals surface area contributed by atoms with Crippen molar-refractivity contribution in [3.63, 3.8) is 0 Å². The topological polar surface area (TPSA) is 139 Å². The number of fused-ring (bicyclic) bond motifs is 1. The molecule has 0 atom stereocenters. The number of carboxylic acids is 1. The van der Waals surface area contributed by atoms with Gasteiger partial charge in [0.2, 0.25) is 0 Å². The molecule has 0 radical (unpaired) electrons. The van der Waals surface area contributed by atoms with Gasteiger partial charge in [0.05, 0.1) is 37.1 Å². The molecule has 0 saturated heterocycles. The van der Waals surface area contributed by atoms with Crippen LogP contribution in [-0.4, -0.2) is 60.5 Å². The summed E-state index contributed by atoms with van der Waals surface area (Å²) >= 11 is 0. The van der Waals surface area contributed by atoms with Gasteiger partial charge in [-0.1, -0.05) is 6.07 Å². The van der Waals surface area contributed by atoms with Crippen molar-refractivity contribution in [3.05, 3.63) is 41.1 Å². The lowest BCUT2D eigenvalue weighted by Crippen LogP contribution is -2.34. The quantitative estimate of drug-likeness (QED) is 0.407. The zero-order valence-electron chi connectivity index (χ0n) is 13.8. The molecule has 0 unspecified atom stereocenters. The van der Waals surface area contributed by atoms with Gasteiger partial charge in [-0.25, -0.2) is 9.59 Å². The van der Waals surface area contributed by atoms with Crippen LogP contribution in [0.5, 0.6) is 0 Å². The summed E-state index contributed by atoms with van der Waals surface area (Å²) in [6.45, 7) is -0.798. The van der Waals surface area contributed by atoms with Crippen molar-refractivity contribution in [2.45, 2.75) is 0 Å². The Morgan fingerprint density at radius 2 is 1.85 bits per heavy atom. The van der Waals surface area contributed by atoms with Crippen LogP contribution in [0.2, 0.25) is 0 Å². The Morgan fingerprint density at radius 3 is 2.42 bits per heavy atom. The van der Waals surface area contributed by atoms with E-state index in [0.29, 0.717) is 4.90 Å². The van der Waals surface area contributed by atoms with Crippen LogP contribution < -0.4 is 5.32 Å². The molecule has 1 aromatic rings. The number of anilines is 1. The molecule has 1 aromatic carbocycles. The summed E-state index contributed by atoms with van der Waals surface area (Å²) in [6.07, 6.45) is 0.821. The molecule has 2 N–H and O–H groups in total. The molecule has 26 heavy (non-hydrogen) atoms. The number of hydrogen-bond acceptors (Lipinski definition) is 8. The van der Waals surface area contributed by atoms with Crippen LogP contribution >= 0.6 is 0 Å². The number of carbonyl (C=O) groups excluding carboxylic acids is 4. The number of esters is 2. The summed E-state index contributed by atoms with van der Waals surface area (Å²) in [6, 6.07) is 4.18. The van der Waals surface area contributed by atoms with Gasteiger partial charge in [0.15, 0.2) is 0 Å². The minimum Gasteiger partial charge on any atom is -0.480 e. The van der Waals surface area contributed by atoms with E-state index in [0.717, 1.165) is 20.3 Å². The van der Waals surface area contributed by atoms with Gasteiger partial charge >= 0.3 is 17.9 Å². The number of carbonyl (C=O) groups is 5. The van der Waals surface area contributed by atoms with Gasteiger partial charge in [-0.2, -0.15) is 0 Å². The second kappa shape index (κ2) is 7.47. The first kappa shape index (κ1) is 18.6. The number of methoxy groups -OCH3 is 2. The number of amides is 2. The Kier molecular flexibility index (Phi) is 5.36. The predicted octanol–water partition coefficient (Wildman–Crippen LogP) is 0.00900. The highest BCUT2D eigenvalue weighted by molar-refractivity contribution is 6.24. The lowest BCUT2D eigenvalue weighted by atomic mass is 10.1. The van der Waals surface area contributed by atoms with E-state index in [1.807, 2.05) is 0 Å². The van der Waals surface area contributed by atoms with Crippen molar-refractivity contribution in [2.75, 3.05) is 26.1 Å². The molecule has 1 heterocycles. The van der Waals surface area contributed by atoms with Crippen molar-refractivity contribution in [1.82, 2.24) is 4.90 Å². The van der Waals surface area contributed by atoms with Crippen LogP contribution in [-0.2, 0) is 23.9 Å². The van der Waals surface area contributed by atoms with Crippen LogP contribution in [0.25, 0.3) is 0 Å². The first-order valence-electron chi connectivity index (χ1n) is 7.16. The Balaban J connectivity index is 2.45. The van der Waals surface area contributed by atoms with Gasteiger partial charge in [0.1, 0.15) is 12.2 Å². The molecular weight excluding hydrogens is 348 g/mol. The molecule has 1 aliphatic rings.